The summed E-state index contributed by atoms with van der Waals surface area (Å²) >= 11 is 0. The lowest BCUT2D eigenvalue weighted by atomic mass is 9.42. The molecule has 3 nitrogen and oxygen atoms in total. The summed E-state index contributed by atoms with van der Waals surface area (Å²) in [5.74, 6) is 3.28. The lowest BCUT2D eigenvalue weighted by Gasteiger charge is -2.65. The van der Waals surface area contributed by atoms with E-state index in [0.717, 1.165) is 37.0 Å². The van der Waals surface area contributed by atoms with Crippen molar-refractivity contribution >= 4 is 5.97 Å². The number of carbonyl (C=O) groups is 1. The van der Waals surface area contributed by atoms with Gasteiger partial charge in [-0.15, -0.1) is 0 Å². The molecule has 0 bridgehead atoms. The zero-order chi connectivity index (χ0) is 24.2. The second-order valence-electron chi connectivity index (χ2n) is 13.4. The summed E-state index contributed by atoms with van der Waals surface area (Å²) in [6.07, 6.45) is 9.45. The first-order valence-electron chi connectivity index (χ1n) is 14.0. The van der Waals surface area contributed by atoms with E-state index in [1.54, 1.807) is 0 Å². The Morgan fingerprint density at radius 2 is 1.79 bits per heavy atom. The molecule has 0 amide bonds. The summed E-state index contributed by atoms with van der Waals surface area (Å²) in [6.45, 7) is 13.2. The van der Waals surface area contributed by atoms with Crippen molar-refractivity contribution in [2.45, 2.75) is 130 Å². The van der Waals surface area contributed by atoms with Crippen LogP contribution in [0.15, 0.2) is 0 Å². The van der Waals surface area contributed by atoms with Gasteiger partial charge in [-0.3, -0.25) is 4.79 Å². The van der Waals surface area contributed by atoms with Crippen LogP contribution < -0.4 is 0 Å². The van der Waals surface area contributed by atoms with Crippen molar-refractivity contribution < 1.29 is 19.0 Å². The Labute approximate surface area is 201 Å². The van der Waals surface area contributed by atoms with E-state index in [2.05, 4.69) is 34.6 Å². The van der Waals surface area contributed by atoms with Crippen molar-refractivity contribution in [2.24, 2.45) is 46.3 Å². The first-order valence-corrected chi connectivity index (χ1v) is 14.0. The van der Waals surface area contributed by atoms with Gasteiger partial charge in [0, 0.05) is 18.8 Å². The molecule has 0 saturated heterocycles. The number of hydrogen-bond acceptors (Lipinski definition) is 3. The highest BCUT2D eigenvalue weighted by Gasteiger charge is 2.68. The number of fused-ring (bicyclic) bond motifs is 5. The highest BCUT2D eigenvalue weighted by atomic mass is 19.1. The van der Waals surface area contributed by atoms with Gasteiger partial charge in [0.25, 0.3) is 0 Å². The van der Waals surface area contributed by atoms with Crippen LogP contribution in [-0.2, 0) is 9.53 Å². The molecule has 4 rings (SSSR count). The third-order valence-corrected chi connectivity index (χ3v) is 11.3. The maximum Gasteiger partial charge on any atom is 0.302 e. The van der Waals surface area contributed by atoms with Gasteiger partial charge in [-0.05, 0) is 85.9 Å². The number of ether oxygens (including phenoxy) is 1. The van der Waals surface area contributed by atoms with Crippen LogP contribution in [0.4, 0.5) is 4.39 Å². The van der Waals surface area contributed by atoms with Gasteiger partial charge in [0.05, 0.1) is 0 Å². The fourth-order valence-electron chi connectivity index (χ4n) is 9.55. The number of rotatable bonds is 6. The summed E-state index contributed by atoms with van der Waals surface area (Å²) in [7, 11) is 0. The lowest BCUT2D eigenvalue weighted by molar-refractivity contribution is -0.252. The molecule has 0 unspecified atom stereocenters. The Bertz CT molecular complexity index is 724. The van der Waals surface area contributed by atoms with Gasteiger partial charge in [-0.25, -0.2) is 4.39 Å². The highest BCUT2D eigenvalue weighted by Crippen LogP contribution is 2.69. The molecule has 190 valence electrons. The largest absolute Gasteiger partial charge is 0.462 e. The maximum atomic E-state index is 15.9. The molecule has 33 heavy (non-hydrogen) atoms. The summed E-state index contributed by atoms with van der Waals surface area (Å²) in [6, 6.07) is 0. The first kappa shape index (κ1) is 25.5. The molecule has 4 saturated carbocycles. The number of aliphatic hydroxyl groups is 1. The maximum absolute atomic E-state index is 15.9. The fourth-order valence-corrected chi connectivity index (χ4v) is 9.55. The number of halogens is 1. The van der Waals surface area contributed by atoms with E-state index < -0.39 is 17.2 Å². The van der Waals surface area contributed by atoms with Crippen molar-refractivity contribution in [1.82, 2.24) is 0 Å². The highest BCUT2D eigenvalue weighted by molar-refractivity contribution is 5.66. The molecule has 0 aliphatic heterocycles. The van der Waals surface area contributed by atoms with Gasteiger partial charge in [-0.1, -0.05) is 53.9 Å². The summed E-state index contributed by atoms with van der Waals surface area (Å²) in [5, 5.41) is 11.8. The van der Waals surface area contributed by atoms with Crippen LogP contribution >= 0.6 is 0 Å². The van der Waals surface area contributed by atoms with Gasteiger partial charge >= 0.3 is 5.97 Å². The van der Waals surface area contributed by atoms with Gasteiger partial charge in [0.1, 0.15) is 17.9 Å². The van der Waals surface area contributed by atoms with Gasteiger partial charge in [-0.2, -0.15) is 0 Å². The minimum Gasteiger partial charge on any atom is -0.462 e. The minimum atomic E-state index is -1.37. The number of carbonyl (C=O) groups excluding carboxylic acids is 1. The van der Waals surface area contributed by atoms with Crippen molar-refractivity contribution in [3.63, 3.8) is 0 Å². The molecule has 0 aromatic carbocycles. The second kappa shape index (κ2) is 9.10. The smallest absolute Gasteiger partial charge is 0.302 e. The summed E-state index contributed by atoms with van der Waals surface area (Å²) < 4.78 is 21.4. The van der Waals surface area contributed by atoms with E-state index in [1.165, 1.54) is 45.4 Å². The van der Waals surface area contributed by atoms with Crippen molar-refractivity contribution in [1.29, 1.82) is 0 Å². The van der Waals surface area contributed by atoms with Crippen LogP contribution in [-0.4, -0.2) is 29.0 Å². The number of alkyl halides is 1. The topological polar surface area (TPSA) is 46.5 Å². The Hall–Kier alpha value is -0.640. The zero-order valence-electron chi connectivity index (χ0n) is 22.0. The molecular weight excluding hydrogens is 415 g/mol. The number of esters is 1. The molecule has 0 radical (unpaired) electrons. The van der Waals surface area contributed by atoms with Gasteiger partial charge in [0.2, 0.25) is 0 Å². The van der Waals surface area contributed by atoms with E-state index in [0.29, 0.717) is 29.6 Å². The van der Waals surface area contributed by atoms with Crippen LogP contribution in [0.25, 0.3) is 0 Å². The Kier molecular flexibility index (Phi) is 7.02. The Morgan fingerprint density at radius 3 is 2.45 bits per heavy atom. The third-order valence-electron chi connectivity index (χ3n) is 11.3. The average molecular weight is 465 g/mol. The van der Waals surface area contributed by atoms with Crippen molar-refractivity contribution in [2.75, 3.05) is 0 Å². The molecule has 1 N–H and O–H groups in total. The van der Waals surface area contributed by atoms with Crippen LogP contribution in [0.5, 0.6) is 0 Å². The molecule has 0 heterocycles. The van der Waals surface area contributed by atoms with Crippen molar-refractivity contribution in [3.8, 4) is 0 Å². The summed E-state index contributed by atoms with van der Waals surface area (Å²) in [5.41, 5.74) is -1.48. The quantitative estimate of drug-likeness (QED) is 0.426. The molecular formula is C29H49FO3. The van der Waals surface area contributed by atoms with Gasteiger partial charge in [0.15, 0.2) is 0 Å². The van der Waals surface area contributed by atoms with E-state index in [9.17, 15) is 9.90 Å². The molecule has 4 aliphatic carbocycles. The molecule has 4 fully saturated rings. The second-order valence-corrected chi connectivity index (χ2v) is 13.4. The molecule has 0 aromatic rings. The number of hydrogen-bond donors (Lipinski definition) is 1. The summed E-state index contributed by atoms with van der Waals surface area (Å²) in [4.78, 5) is 11.5. The SMILES string of the molecule is CC(=O)O[C@H]1CC[C@]2(C)[C@H]3CC[C@]4(C)[C@@H]([C@H](C)CCCC(C)C)CC[C@H]4[C@@H]3C[C@H](F)[C@@]2(O)C1. The normalized spacial score (nSPS) is 48.0. The van der Waals surface area contributed by atoms with Crippen LogP contribution in [0.3, 0.4) is 0 Å². The average Bonchev–Trinajstić information content (AvgIpc) is 3.07. The lowest BCUT2D eigenvalue weighted by Crippen LogP contribution is -2.67. The van der Waals surface area contributed by atoms with E-state index in [-0.39, 0.29) is 18.5 Å². The Balaban J connectivity index is 1.51. The molecule has 4 heteroatoms. The fraction of sp³-hybridized carbons (Fsp3) is 0.966. The minimum absolute atomic E-state index is 0.255. The van der Waals surface area contributed by atoms with E-state index in [4.69, 9.17) is 4.74 Å². The third kappa shape index (κ3) is 4.19. The molecule has 4 aliphatic rings. The van der Waals surface area contributed by atoms with E-state index in [1.807, 2.05) is 0 Å². The molecule has 10 atom stereocenters. The Morgan fingerprint density at radius 1 is 1.06 bits per heavy atom. The monoisotopic (exact) mass is 464 g/mol. The predicted octanol–water partition coefficient (Wildman–Crippen LogP) is 7.10. The zero-order valence-corrected chi connectivity index (χ0v) is 22.0. The van der Waals surface area contributed by atoms with Gasteiger partial charge < -0.3 is 9.84 Å². The molecule has 0 spiro atoms. The van der Waals surface area contributed by atoms with Crippen LogP contribution in [0, 0.1) is 46.3 Å². The van der Waals surface area contributed by atoms with Crippen molar-refractivity contribution in [3.05, 3.63) is 0 Å². The first-order chi connectivity index (χ1) is 15.4. The van der Waals surface area contributed by atoms with Crippen LogP contribution in [0.1, 0.15) is 112 Å². The molecule has 0 aromatic heterocycles. The van der Waals surface area contributed by atoms with E-state index >= 15 is 4.39 Å². The van der Waals surface area contributed by atoms with Crippen LogP contribution in [0.2, 0.25) is 0 Å². The predicted molar refractivity (Wildman–Crippen MR) is 130 cm³/mol. The standard InChI is InChI=1S/C29H49FO3/c1-18(2)8-7-9-19(3)23-10-11-24-22-16-26(30)29(32)17-21(33-20(4)31)12-15-28(29,6)25(22)13-14-27(23,24)5/h18-19,21-26,32H,7-17H2,1-6H3/t19-,21+,22+,23-,24+,25+,26+,27-,28-,29+/m1/s1.